The highest BCUT2D eigenvalue weighted by Gasteiger charge is 2.32. The molecular weight excluding hydrogens is 526 g/mol. The summed E-state index contributed by atoms with van der Waals surface area (Å²) in [5, 5.41) is 0. The van der Waals surface area contributed by atoms with Crippen LogP contribution in [-0.4, -0.2) is 31.1 Å². The van der Waals surface area contributed by atoms with Crippen LogP contribution >= 0.6 is 24.0 Å². The predicted molar refractivity (Wildman–Crippen MR) is 164 cm³/mol. The number of benzene rings is 1. The lowest BCUT2D eigenvalue weighted by Crippen LogP contribution is -2.29. The zero-order valence-corrected chi connectivity index (χ0v) is 24.5. The van der Waals surface area contributed by atoms with Gasteiger partial charge in [0.1, 0.15) is 21.3 Å². The first kappa shape index (κ1) is 29.0. The maximum Gasteiger partial charge on any atom is 0.269 e. The fraction of sp³-hybridized carbons (Fsp3) is 0.419. The van der Waals surface area contributed by atoms with Crippen molar-refractivity contribution in [1.82, 2.24) is 14.3 Å². The normalized spacial score (nSPS) is 14.6. The minimum absolute atomic E-state index is 0.166. The van der Waals surface area contributed by atoms with Crippen molar-refractivity contribution >= 4 is 45.9 Å². The number of aromatic nitrogens is 2. The molecule has 4 rings (SSSR count). The Morgan fingerprint density at radius 3 is 2.31 bits per heavy atom. The average Bonchev–Trinajstić information content (AvgIpc) is 3.20. The zero-order chi connectivity index (χ0) is 27.6. The number of hydrogen-bond donors (Lipinski definition) is 0. The van der Waals surface area contributed by atoms with Gasteiger partial charge in [0, 0.05) is 12.7 Å². The van der Waals surface area contributed by atoms with Crippen molar-refractivity contribution in [2.24, 2.45) is 0 Å². The summed E-state index contributed by atoms with van der Waals surface area (Å²) < 4.78 is 8.12. The van der Waals surface area contributed by atoms with E-state index in [-0.39, 0.29) is 22.9 Å². The van der Waals surface area contributed by atoms with Crippen LogP contribution in [0.1, 0.15) is 82.3 Å². The minimum atomic E-state index is -0.302. The van der Waals surface area contributed by atoms with E-state index in [0.717, 1.165) is 18.4 Å². The molecule has 0 spiro atoms. The first-order valence-corrected chi connectivity index (χ1v) is 15.2. The van der Waals surface area contributed by atoms with Crippen molar-refractivity contribution in [2.45, 2.75) is 78.1 Å². The number of hydrogen-bond acceptors (Lipinski definition) is 6. The monoisotopic (exact) mass is 563 g/mol. The van der Waals surface area contributed by atoms with E-state index in [0.29, 0.717) is 27.2 Å². The summed E-state index contributed by atoms with van der Waals surface area (Å²) in [6, 6.07) is 12.9. The number of thioether (sulfide) groups is 1. The highest BCUT2D eigenvalue weighted by Crippen LogP contribution is 2.34. The lowest BCUT2D eigenvalue weighted by molar-refractivity contribution is -0.122. The average molecular weight is 564 g/mol. The van der Waals surface area contributed by atoms with Gasteiger partial charge in [-0.1, -0.05) is 113 Å². The molecule has 2 aromatic heterocycles. The minimum Gasteiger partial charge on any atom is -0.438 e. The number of carbonyl (C=O) groups excluding carboxylic acids is 1. The highest BCUT2D eigenvalue weighted by atomic mass is 32.2. The van der Waals surface area contributed by atoms with E-state index in [1.165, 1.54) is 67.5 Å². The van der Waals surface area contributed by atoms with E-state index < -0.39 is 0 Å². The van der Waals surface area contributed by atoms with Crippen molar-refractivity contribution in [1.29, 1.82) is 0 Å². The number of aryl methyl sites for hydroxylation is 1. The lowest BCUT2D eigenvalue weighted by Gasteiger charge is -2.14. The van der Waals surface area contributed by atoms with Crippen LogP contribution in [0.25, 0.3) is 11.7 Å². The molecule has 0 N–H and O–H groups in total. The molecule has 0 radical (unpaired) electrons. The van der Waals surface area contributed by atoms with Crippen molar-refractivity contribution < 1.29 is 9.53 Å². The van der Waals surface area contributed by atoms with Crippen LogP contribution in [0.2, 0.25) is 0 Å². The fourth-order valence-electron chi connectivity index (χ4n) is 4.64. The van der Waals surface area contributed by atoms with Gasteiger partial charge in [0.25, 0.3) is 11.5 Å². The molecule has 1 aliphatic rings. The molecule has 0 aliphatic carbocycles. The first-order valence-electron chi connectivity index (χ1n) is 14.0. The number of amides is 1. The Bertz CT molecular complexity index is 1400. The van der Waals surface area contributed by atoms with E-state index >= 15 is 0 Å². The number of unbranched alkanes of at least 4 members (excludes halogenated alkanes) is 9. The molecule has 6 nitrogen and oxygen atoms in total. The molecule has 206 valence electrons. The van der Waals surface area contributed by atoms with Crippen LogP contribution in [-0.2, 0) is 4.79 Å². The van der Waals surface area contributed by atoms with Crippen LogP contribution in [0.5, 0.6) is 11.6 Å². The van der Waals surface area contributed by atoms with Gasteiger partial charge >= 0.3 is 0 Å². The molecule has 8 heteroatoms. The van der Waals surface area contributed by atoms with E-state index in [1.807, 2.05) is 37.3 Å². The summed E-state index contributed by atoms with van der Waals surface area (Å²) in [4.78, 5) is 33.5. The number of thiocarbonyl (C=S) groups is 1. The Kier molecular flexibility index (Phi) is 10.7. The zero-order valence-electron chi connectivity index (χ0n) is 22.9. The third kappa shape index (κ3) is 7.57. The van der Waals surface area contributed by atoms with Gasteiger partial charge in [0.05, 0.1) is 4.91 Å². The number of nitrogens with zero attached hydrogens (tertiary/aromatic N) is 3. The van der Waals surface area contributed by atoms with Gasteiger partial charge in [-0.2, -0.15) is 4.98 Å². The molecule has 0 atom stereocenters. The lowest BCUT2D eigenvalue weighted by atomic mass is 10.1. The van der Waals surface area contributed by atoms with Gasteiger partial charge in [-0.3, -0.25) is 18.9 Å². The standard InChI is InChI=1S/C31H37N3O3S2/c1-3-4-5-6-7-8-9-10-11-15-21-34-30(36)26(39-31(34)38)22-24-28(37-25-18-13-12-17-23(25)2)32-27-19-14-16-20-33(27)29(24)35/h12-14,16-20,22H,3-11,15,21H2,1-2H3/b26-22+. The summed E-state index contributed by atoms with van der Waals surface area (Å²) >= 11 is 6.77. The Balaban J connectivity index is 1.45. The summed E-state index contributed by atoms with van der Waals surface area (Å²) in [7, 11) is 0. The van der Waals surface area contributed by atoms with Gasteiger partial charge in [0.2, 0.25) is 5.88 Å². The molecule has 1 aromatic carbocycles. The Hall–Kier alpha value is -2.97. The van der Waals surface area contributed by atoms with Crippen molar-refractivity contribution in [3.8, 4) is 11.6 Å². The Morgan fingerprint density at radius 1 is 0.923 bits per heavy atom. The van der Waals surface area contributed by atoms with Crippen LogP contribution in [0.15, 0.2) is 58.4 Å². The van der Waals surface area contributed by atoms with Crippen LogP contribution in [0.4, 0.5) is 0 Å². The number of rotatable bonds is 14. The summed E-state index contributed by atoms with van der Waals surface area (Å²) in [5.41, 5.74) is 1.31. The molecule has 3 aromatic rings. The predicted octanol–water partition coefficient (Wildman–Crippen LogP) is 7.92. The van der Waals surface area contributed by atoms with Gasteiger partial charge in [-0.05, 0) is 43.2 Å². The van der Waals surface area contributed by atoms with Crippen LogP contribution in [0.3, 0.4) is 0 Å². The molecule has 3 heterocycles. The van der Waals surface area contributed by atoms with Gasteiger partial charge in [-0.15, -0.1) is 0 Å². The number of para-hydroxylation sites is 1. The third-order valence-electron chi connectivity index (χ3n) is 6.92. The summed E-state index contributed by atoms with van der Waals surface area (Å²) in [6.07, 6.45) is 15.6. The van der Waals surface area contributed by atoms with Gasteiger partial charge in [0.15, 0.2) is 0 Å². The SMILES string of the molecule is CCCCCCCCCCCCN1C(=O)/C(=C\c2c(Oc3ccccc3C)nc3ccccn3c2=O)SC1=S. The van der Waals surface area contributed by atoms with Crippen molar-refractivity contribution in [2.75, 3.05) is 6.54 Å². The molecule has 0 unspecified atom stereocenters. The molecule has 1 amide bonds. The van der Waals surface area contributed by atoms with E-state index in [4.69, 9.17) is 17.0 Å². The molecule has 1 fully saturated rings. The van der Waals surface area contributed by atoms with E-state index in [1.54, 1.807) is 29.3 Å². The van der Waals surface area contributed by atoms with Crippen LogP contribution in [0, 0.1) is 6.92 Å². The van der Waals surface area contributed by atoms with E-state index in [2.05, 4.69) is 11.9 Å². The first-order chi connectivity index (χ1) is 19.0. The molecule has 1 aliphatic heterocycles. The number of ether oxygens (including phenoxy) is 1. The maximum atomic E-state index is 13.5. The molecule has 39 heavy (non-hydrogen) atoms. The largest absolute Gasteiger partial charge is 0.438 e. The fourth-order valence-corrected chi connectivity index (χ4v) is 5.93. The number of pyridine rings is 1. The number of fused-ring (bicyclic) bond motifs is 1. The summed E-state index contributed by atoms with van der Waals surface area (Å²) in [5.74, 6) is 0.605. The Morgan fingerprint density at radius 2 is 1.59 bits per heavy atom. The highest BCUT2D eigenvalue weighted by molar-refractivity contribution is 8.26. The van der Waals surface area contributed by atoms with Gasteiger partial charge < -0.3 is 4.74 Å². The van der Waals surface area contributed by atoms with E-state index in [9.17, 15) is 9.59 Å². The molecule has 1 saturated heterocycles. The van der Waals surface area contributed by atoms with Crippen molar-refractivity contribution in [3.05, 3.63) is 75.0 Å². The second kappa shape index (κ2) is 14.4. The third-order valence-corrected chi connectivity index (χ3v) is 8.30. The molecule has 0 saturated carbocycles. The topological polar surface area (TPSA) is 63.9 Å². The summed E-state index contributed by atoms with van der Waals surface area (Å²) in [6.45, 7) is 4.77. The molecular formula is C31H37N3O3S2. The second-order valence-corrected chi connectivity index (χ2v) is 11.6. The number of carbonyl (C=O) groups is 1. The smallest absolute Gasteiger partial charge is 0.269 e. The second-order valence-electron chi connectivity index (χ2n) is 9.95. The Labute approximate surface area is 240 Å². The van der Waals surface area contributed by atoms with Gasteiger partial charge in [-0.25, -0.2) is 0 Å². The maximum absolute atomic E-state index is 13.5. The van der Waals surface area contributed by atoms with Crippen molar-refractivity contribution in [3.63, 3.8) is 0 Å². The molecule has 0 bridgehead atoms. The quantitative estimate of drug-likeness (QED) is 0.113. The van der Waals surface area contributed by atoms with Crippen LogP contribution < -0.4 is 10.3 Å².